The molecule has 2 aromatic carbocycles. The van der Waals surface area contributed by atoms with E-state index in [1.807, 2.05) is 36.4 Å². The van der Waals surface area contributed by atoms with Gasteiger partial charge in [-0.1, -0.05) is 18.2 Å². The van der Waals surface area contributed by atoms with E-state index in [-0.39, 0.29) is 17.5 Å². The molecule has 1 saturated heterocycles. The van der Waals surface area contributed by atoms with Crippen molar-refractivity contribution < 1.29 is 18.1 Å². The average molecular weight is 486 g/mol. The Morgan fingerprint density at radius 3 is 2.68 bits per heavy atom. The quantitative estimate of drug-likeness (QED) is 0.466. The Hall–Kier alpha value is -3.37. The van der Waals surface area contributed by atoms with Gasteiger partial charge in [0.05, 0.1) is 32.2 Å². The molecule has 34 heavy (non-hydrogen) atoms. The molecule has 180 valence electrons. The molecule has 1 aliphatic rings. The minimum atomic E-state index is -2.27. The predicted molar refractivity (Wildman–Crippen MR) is 136 cm³/mol. The van der Waals surface area contributed by atoms with Crippen LogP contribution in [0.25, 0.3) is 0 Å². The van der Waals surface area contributed by atoms with E-state index in [4.69, 9.17) is 9.47 Å². The topological polar surface area (TPSA) is 88.6 Å². The fourth-order valence-corrected chi connectivity index (χ4v) is 4.57. The third-order valence-electron chi connectivity index (χ3n) is 5.28. The van der Waals surface area contributed by atoms with Crippen LogP contribution in [0.4, 0.5) is 33.2 Å². The van der Waals surface area contributed by atoms with E-state index in [1.54, 1.807) is 19.4 Å². The van der Waals surface area contributed by atoms with Gasteiger partial charge in [0.25, 0.3) is 0 Å². The van der Waals surface area contributed by atoms with Crippen molar-refractivity contribution in [3.05, 3.63) is 60.0 Å². The van der Waals surface area contributed by atoms with Crippen molar-refractivity contribution in [2.75, 3.05) is 55.2 Å². The first-order valence-corrected chi connectivity index (χ1v) is 13.1. The molecule has 2 heterocycles. The minimum absolute atomic E-state index is 0.000480. The molecule has 1 fully saturated rings. The molecule has 0 saturated carbocycles. The number of morpholine rings is 1. The molecule has 1 atom stereocenters. The standard InChI is InChI=1S/C24H28FN5O3S/c1-32-22-14-18(30-10-12-33-13-11-30)8-9-21(22)28-24-26-15-19(25)23(29-24)27-20-7-5-4-6-17(20)16-34(2,3)31/h4-9,14-15H,2,10-13,16H2,1,3H3,(H2,26,27,28,29). The zero-order valence-corrected chi connectivity index (χ0v) is 20.0. The maximum Gasteiger partial charge on any atom is 0.229 e. The molecule has 0 amide bonds. The molecule has 0 bridgehead atoms. The monoisotopic (exact) mass is 485 g/mol. The van der Waals surface area contributed by atoms with Gasteiger partial charge < -0.3 is 25.0 Å². The summed E-state index contributed by atoms with van der Waals surface area (Å²) in [6, 6.07) is 13.1. The van der Waals surface area contributed by atoms with E-state index < -0.39 is 15.3 Å². The normalized spacial score (nSPS) is 15.4. The Kier molecular flexibility index (Phi) is 7.18. The summed E-state index contributed by atoms with van der Waals surface area (Å²) >= 11 is 0. The van der Waals surface area contributed by atoms with E-state index in [0.717, 1.165) is 30.5 Å². The highest BCUT2D eigenvalue weighted by molar-refractivity contribution is 7.98. The van der Waals surface area contributed by atoms with Gasteiger partial charge in [-0.15, -0.1) is 0 Å². The van der Waals surface area contributed by atoms with Gasteiger partial charge in [-0.2, -0.15) is 4.98 Å². The predicted octanol–water partition coefficient (Wildman–Crippen LogP) is 3.79. The molecule has 4 rings (SSSR count). The molecule has 1 aliphatic heterocycles. The van der Waals surface area contributed by atoms with Crippen LogP contribution in [0.5, 0.6) is 5.75 Å². The minimum Gasteiger partial charge on any atom is -0.494 e. The first-order chi connectivity index (χ1) is 16.3. The second-order valence-electron chi connectivity index (χ2n) is 8.11. The summed E-state index contributed by atoms with van der Waals surface area (Å²) in [5, 5.41) is 6.11. The van der Waals surface area contributed by atoms with Crippen LogP contribution in [-0.2, 0) is 20.0 Å². The van der Waals surface area contributed by atoms with Gasteiger partial charge >= 0.3 is 0 Å². The number of hydrogen-bond acceptors (Lipinski definition) is 8. The maximum absolute atomic E-state index is 14.5. The highest BCUT2D eigenvalue weighted by Crippen LogP contribution is 2.32. The largest absolute Gasteiger partial charge is 0.494 e. The van der Waals surface area contributed by atoms with Gasteiger partial charge in [0.15, 0.2) is 11.6 Å². The van der Waals surface area contributed by atoms with Crippen molar-refractivity contribution in [3.63, 3.8) is 0 Å². The number of aromatic nitrogens is 2. The molecule has 10 heteroatoms. The number of para-hydroxylation sites is 1. The molecule has 0 aliphatic carbocycles. The Balaban J connectivity index is 1.56. The highest BCUT2D eigenvalue weighted by atomic mass is 32.2. The summed E-state index contributed by atoms with van der Waals surface area (Å²) in [6.45, 7) is 3.01. The summed E-state index contributed by atoms with van der Waals surface area (Å²) in [5.41, 5.74) is 3.05. The molecule has 2 N–H and O–H groups in total. The highest BCUT2D eigenvalue weighted by Gasteiger charge is 2.15. The molecule has 0 spiro atoms. The Labute approximate surface area is 199 Å². The number of nitrogens with zero attached hydrogens (tertiary/aromatic N) is 3. The number of methoxy groups -OCH3 is 1. The van der Waals surface area contributed by atoms with Gasteiger partial charge in [0.2, 0.25) is 5.95 Å². The lowest BCUT2D eigenvalue weighted by Crippen LogP contribution is -2.36. The summed E-state index contributed by atoms with van der Waals surface area (Å²) in [6.07, 6.45) is 2.69. The number of anilines is 5. The zero-order valence-electron chi connectivity index (χ0n) is 19.2. The van der Waals surface area contributed by atoms with Gasteiger partial charge in [-0.3, -0.25) is 4.21 Å². The van der Waals surface area contributed by atoms with Gasteiger partial charge in [0, 0.05) is 42.5 Å². The van der Waals surface area contributed by atoms with Crippen LogP contribution in [0.3, 0.4) is 0 Å². The second kappa shape index (κ2) is 10.3. The van der Waals surface area contributed by atoms with Gasteiger partial charge in [-0.05, 0) is 39.2 Å². The molecular weight excluding hydrogens is 457 g/mol. The Bertz CT molecular complexity index is 1260. The molecule has 8 nitrogen and oxygen atoms in total. The van der Waals surface area contributed by atoms with Gasteiger partial charge in [0.1, 0.15) is 5.75 Å². The van der Waals surface area contributed by atoms with E-state index in [9.17, 15) is 8.60 Å². The van der Waals surface area contributed by atoms with Crippen molar-refractivity contribution >= 4 is 44.2 Å². The summed E-state index contributed by atoms with van der Waals surface area (Å²) < 4.78 is 37.7. The molecule has 0 radical (unpaired) electrons. The number of ether oxygens (including phenoxy) is 2. The Morgan fingerprint density at radius 2 is 1.94 bits per heavy atom. The van der Waals surface area contributed by atoms with Crippen molar-refractivity contribution in [2.45, 2.75) is 5.75 Å². The van der Waals surface area contributed by atoms with Crippen LogP contribution in [0, 0.1) is 5.82 Å². The fraction of sp³-hybridized carbons (Fsp3) is 0.292. The van der Waals surface area contributed by atoms with E-state index in [1.165, 1.54) is 0 Å². The lowest BCUT2D eigenvalue weighted by Gasteiger charge is -2.29. The summed E-state index contributed by atoms with van der Waals surface area (Å²) in [7, 11) is -0.683. The smallest absolute Gasteiger partial charge is 0.229 e. The van der Waals surface area contributed by atoms with Crippen LogP contribution >= 0.6 is 0 Å². The van der Waals surface area contributed by atoms with Crippen molar-refractivity contribution in [2.24, 2.45) is 0 Å². The lowest BCUT2D eigenvalue weighted by molar-refractivity contribution is 0.122. The van der Waals surface area contributed by atoms with E-state index in [2.05, 4.69) is 31.4 Å². The Morgan fingerprint density at radius 1 is 1.18 bits per heavy atom. The first kappa shape index (κ1) is 23.8. The average Bonchev–Trinajstić information content (AvgIpc) is 2.82. The van der Waals surface area contributed by atoms with Crippen LogP contribution < -0.4 is 20.3 Å². The number of nitrogens with one attached hydrogen (secondary N) is 2. The second-order valence-corrected chi connectivity index (χ2v) is 10.8. The fourth-order valence-electron chi connectivity index (χ4n) is 3.66. The van der Waals surface area contributed by atoms with Crippen molar-refractivity contribution in [1.29, 1.82) is 0 Å². The van der Waals surface area contributed by atoms with Crippen LogP contribution in [-0.4, -0.2) is 59.7 Å². The summed E-state index contributed by atoms with van der Waals surface area (Å²) in [5.74, 6) is 4.19. The van der Waals surface area contributed by atoms with Crippen molar-refractivity contribution in [1.82, 2.24) is 9.97 Å². The SMILES string of the molecule is C=S(C)(=O)Cc1ccccc1Nc1nc(Nc2ccc(N3CCOCC3)cc2OC)ncc1F. The van der Waals surface area contributed by atoms with Crippen LogP contribution in [0.1, 0.15) is 5.56 Å². The van der Waals surface area contributed by atoms with E-state index in [0.29, 0.717) is 30.3 Å². The third-order valence-corrected chi connectivity index (χ3v) is 6.20. The zero-order chi connectivity index (χ0) is 24.1. The lowest BCUT2D eigenvalue weighted by atomic mass is 10.2. The van der Waals surface area contributed by atoms with Gasteiger partial charge in [-0.25, -0.2) is 9.37 Å². The first-order valence-electron chi connectivity index (χ1n) is 10.8. The molecule has 3 aromatic rings. The van der Waals surface area contributed by atoms with Crippen LogP contribution in [0.15, 0.2) is 48.7 Å². The number of benzene rings is 2. The maximum atomic E-state index is 14.5. The summed E-state index contributed by atoms with van der Waals surface area (Å²) in [4.78, 5) is 10.6. The van der Waals surface area contributed by atoms with Crippen LogP contribution in [0.2, 0.25) is 0 Å². The number of halogens is 1. The molecular formula is C24H28FN5O3S. The molecule has 1 aromatic heterocycles. The van der Waals surface area contributed by atoms with E-state index >= 15 is 0 Å². The molecule has 1 unspecified atom stereocenters. The number of hydrogen-bond donors (Lipinski definition) is 2. The number of rotatable bonds is 8. The van der Waals surface area contributed by atoms with Crippen molar-refractivity contribution in [3.8, 4) is 5.75 Å². The third kappa shape index (κ3) is 5.95.